The molecule has 21 heavy (non-hydrogen) atoms. The molecule has 0 heterocycles. The molecule has 0 amide bonds. The summed E-state index contributed by atoms with van der Waals surface area (Å²) < 4.78 is 6.25. The van der Waals surface area contributed by atoms with E-state index in [0.717, 1.165) is 33.8 Å². The summed E-state index contributed by atoms with van der Waals surface area (Å²) in [6.07, 6.45) is 2.29. The number of anilines is 1. The Hall–Kier alpha value is -1.19. The van der Waals surface area contributed by atoms with Crippen LogP contribution in [0.3, 0.4) is 0 Å². The molecule has 1 fully saturated rings. The van der Waals surface area contributed by atoms with Crippen LogP contribution < -0.4 is 10.1 Å². The molecule has 0 radical (unpaired) electrons. The molecule has 0 saturated heterocycles. The molecule has 0 unspecified atom stereocenters. The highest BCUT2D eigenvalue weighted by Gasteiger charge is 2.30. The van der Waals surface area contributed by atoms with Crippen molar-refractivity contribution in [3.63, 3.8) is 0 Å². The lowest BCUT2D eigenvalue weighted by Gasteiger charge is -2.37. The van der Waals surface area contributed by atoms with Crippen molar-refractivity contribution in [2.24, 2.45) is 0 Å². The minimum atomic E-state index is 0.506. The zero-order valence-corrected chi connectivity index (χ0v) is 14.1. The lowest BCUT2D eigenvalue weighted by molar-refractivity contribution is 0.373. The van der Waals surface area contributed by atoms with Gasteiger partial charge in [-0.2, -0.15) is 0 Å². The molecule has 1 N–H and O–H groups in total. The van der Waals surface area contributed by atoms with Gasteiger partial charge in [-0.3, -0.25) is 0 Å². The first-order valence-electron chi connectivity index (χ1n) is 7.01. The maximum Gasteiger partial charge on any atom is 0.118 e. The van der Waals surface area contributed by atoms with Crippen molar-refractivity contribution in [3.8, 4) is 5.75 Å². The minimum Gasteiger partial charge on any atom is -0.497 e. The van der Waals surface area contributed by atoms with Crippen LogP contribution in [0.15, 0.2) is 46.9 Å². The number of hydrogen-bond donors (Lipinski definition) is 1. The van der Waals surface area contributed by atoms with E-state index in [2.05, 4.69) is 33.4 Å². The summed E-state index contributed by atoms with van der Waals surface area (Å²) in [7, 11) is 1.70. The molecule has 110 valence electrons. The largest absolute Gasteiger partial charge is 0.497 e. The number of hydrogen-bond acceptors (Lipinski definition) is 2. The fraction of sp³-hybridized carbons (Fsp3) is 0.294. The van der Waals surface area contributed by atoms with Crippen LogP contribution in [-0.2, 0) is 0 Å². The first kappa shape index (κ1) is 14.7. The summed E-state index contributed by atoms with van der Waals surface area (Å²) in [5.74, 6) is 1.54. The molecular formula is C17H17BrClNO. The second-order valence-electron chi connectivity index (χ2n) is 5.41. The highest BCUT2D eigenvalue weighted by molar-refractivity contribution is 9.10. The van der Waals surface area contributed by atoms with Gasteiger partial charge >= 0.3 is 0 Å². The van der Waals surface area contributed by atoms with E-state index in [0.29, 0.717) is 12.0 Å². The van der Waals surface area contributed by atoms with Crippen molar-refractivity contribution in [3.05, 3.63) is 57.5 Å². The van der Waals surface area contributed by atoms with Crippen LogP contribution >= 0.6 is 27.5 Å². The quantitative estimate of drug-likeness (QED) is 0.774. The van der Waals surface area contributed by atoms with Crippen molar-refractivity contribution in [1.82, 2.24) is 0 Å². The Bertz CT molecular complexity index is 623. The number of methoxy groups -OCH3 is 1. The van der Waals surface area contributed by atoms with Crippen molar-refractivity contribution in [1.29, 1.82) is 0 Å². The van der Waals surface area contributed by atoms with Gasteiger partial charge in [-0.05, 0) is 70.6 Å². The van der Waals surface area contributed by atoms with Gasteiger partial charge in [0, 0.05) is 15.5 Å². The molecule has 2 aromatic rings. The van der Waals surface area contributed by atoms with Crippen molar-refractivity contribution in [2.45, 2.75) is 24.8 Å². The Morgan fingerprint density at radius 1 is 1.14 bits per heavy atom. The van der Waals surface area contributed by atoms with E-state index in [4.69, 9.17) is 16.3 Å². The fourth-order valence-electron chi connectivity index (χ4n) is 2.71. The zero-order valence-electron chi connectivity index (χ0n) is 11.8. The topological polar surface area (TPSA) is 21.3 Å². The van der Waals surface area contributed by atoms with Crippen LogP contribution in [0.25, 0.3) is 0 Å². The van der Waals surface area contributed by atoms with Crippen LogP contribution in [0.4, 0.5) is 5.69 Å². The van der Waals surface area contributed by atoms with Crippen LogP contribution in [0.2, 0.25) is 5.02 Å². The SMILES string of the molecule is COc1ccc(C2CC(Nc3cc(Cl)ccc3Br)C2)cc1. The molecular weight excluding hydrogens is 350 g/mol. The first-order chi connectivity index (χ1) is 10.2. The summed E-state index contributed by atoms with van der Waals surface area (Å²) in [5, 5.41) is 4.31. The van der Waals surface area contributed by atoms with E-state index in [1.165, 1.54) is 5.56 Å². The number of rotatable bonds is 4. The highest BCUT2D eigenvalue weighted by Crippen LogP contribution is 2.40. The van der Waals surface area contributed by atoms with Gasteiger partial charge in [-0.25, -0.2) is 0 Å². The molecule has 0 spiro atoms. The number of benzene rings is 2. The first-order valence-corrected chi connectivity index (χ1v) is 8.18. The van der Waals surface area contributed by atoms with E-state index < -0.39 is 0 Å². The number of halogens is 2. The fourth-order valence-corrected chi connectivity index (χ4v) is 3.25. The molecule has 1 saturated carbocycles. The Morgan fingerprint density at radius 3 is 2.52 bits per heavy atom. The molecule has 0 atom stereocenters. The van der Waals surface area contributed by atoms with Crippen LogP contribution in [0, 0.1) is 0 Å². The van der Waals surface area contributed by atoms with E-state index in [9.17, 15) is 0 Å². The van der Waals surface area contributed by atoms with Gasteiger partial charge in [0.15, 0.2) is 0 Å². The van der Waals surface area contributed by atoms with Gasteiger partial charge < -0.3 is 10.1 Å². The highest BCUT2D eigenvalue weighted by atomic mass is 79.9. The second kappa shape index (κ2) is 6.29. The second-order valence-corrected chi connectivity index (χ2v) is 6.70. The summed E-state index contributed by atoms with van der Waals surface area (Å²) in [4.78, 5) is 0. The van der Waals surface area contributed by atoms with Crippen molar-refractivity contribution in [2.75, 3.05) is 12.4 Å². The molecule has 1 aliphatic rings. The molecule has 2 nitrogen and oxygen atoms in total. The molecule has 2 aromatic carbocycles. The van der Waals surface area contributed by atoms with Gasteiger partial charge in [0.2, 0.25) is 0 Å². The predicted octanol–water partition coefficient (Wildman–Crippen LogP) is 5.47. The van der Waals surface area contributed by atoms with Crippen LogP contribution in [0.1, 0.15) is 24.3 Å². The predicted molar refractivity (Wildman–Crippen MR) is 91.5 cm³/mol. The molecule has 0 aliphatic heterocycles. The van der Waals surface area contributed by atoms with Gasteiger partial charge in [0.1, 0.15) is 5.75 Å². The van der Waals surface area contributed by atoms with Crippen LogP contribution in [-0.4, -0.2) is 13.2 Å². The molecule has 3 rings (SSSR count). The Balaban J connectivity index is 1.59. The Labute approximate surface area is 138 Å². The maximum atomic E-state index is 6.04. The zero-order chi connectivity index (χ0) is 14.8. The molecule has 0 aromatic heterocycles. The normalized spacial score (nSPS) is 20.7. The molecule has 0 bridgehead atoms. The summed E-state index contributed by atoms with van der Waals surface area (Å²) in [5.41, 5.74) is 2.46. The average Bonchev–Trinajstić information content (AvgIpc) is 2.46. The third-order valence-electron chi connectivity index (χ3n) is 4.01. The van der Waals surface area contributed by atoms with Gasteiger partial charge in [-0.1, -0.05) is 23.7 Å². The molecule has 4 heteroatoms. The van der Waals surface area contributed by atoms with Crippen molar-refractivity contribution < 1.29 is 4.74 Å². The summed E-state index contributed by atoms with van der Waals surface area (Å²) in [6.45, 7) is 0. The number of ether oxygens (including phenoxy) is 1. The molecule has 1 aliphatic carbocycles. The van der Waals surface area contributed by atoms with E-state index in [1.54, 1.807) is 7.11 Å². The van der Waals surface area contributed by atoms with Gasteiger partial charge in [-0.15, -0.1) is 0 Å². The standard InChI is InChI=1S/C17H17BrClNO/c1-21-15-5-2-11(3-6-15)12-8-14(9-12)20-17-10-13(19)4-7-16(17)18/h2-7,10,12,14,20H,8-9H2,1H3. The van der Waals surface area contributed by atoms with E-state index in [-0.39, 0.29) is 0 Å². The minimum absolute atomic E-state index is 0.506. The monoisotopic (exact) mass is 365 g/mol. The smallest absolute Gasteiger partial charge is 0.118 e. The van der Waals surface area contributed by atoms with E-state index in [1.807, 2.05) is 30.3 Å². The maximum absolute atomic E-state index is 6.04. The van der Waals surface area contributed by atoms with E-state index >= 15 is 0 Å². The Morgan fingerprint density at radius 2 is 1.86 bits per heavy atom. The van der Waals surface area contributed by atoms with Gasteiger partial charge in [0.25, 0.3) is 0 Å². The van der Waals surface area contributed by atoms with Gasteiger partial charge in [0.05, 0.1) is 12.8 Å². The third-order valence-corrected chi connectivity index (χ3v) is 4.94. The average molecular weight is 367 g/mol. The lowest BCUT2D eigenvalue weighted by Crippen LogP contribution is -2.34. The van der Waals surface area contributed by atoms with Crippen LogP contribution in [0.5, 0.6) is 5.75 Å². The lowest BCUT2D eigenvalue weighted by atomic mass is 9.76. The number of nitrogens with one attached hydrogen (secondary N) is 1. The Kier molecular flexibility index (Phi) is 4.41. The summed E-state index contributed by atoms with van der Waals surface area (Å²) >= 11 is 9.59. The third kappa shape index (κ3) is 3.35. The summed E-state index contributed by atoms with van der Waals surface area (Å²) in [6, 6.07) is 14.7. The van der Waals surface area contributed by atoms with Crippen molar-refractivity contribution >= 4 is 33.2 Å².